The average Bonchev–Trinajstić information content (AvgIpc) is 2.69. The van der Waals surface area contributed by atoms with E-state index >= 15 is 0 Å². The molecule has 0 aliphatic heterocycles. The third kappa shape index (κ3) is 25.4. The lowest BCUT2D eigenvalue weighted by Crippen LogP contribution is -2.37. The van der Waals surface area contributed by atoms with Gasteiger partial charge in [-0.2, -0.15) is 0 Å². The zero-order valence-corrected chi connectivity index (χ0v) is 20.7. The van der Waals surface area contributed by atoms with Gasteiger partial charge >= 0.3 is 5.97 Å². The van der Waals surface area contributed by atoms with Crippen LogP contribution < -0.4 is 0 Å². The second-order valence-electron chi connectivity index (χ2n) is 9.45. The van der Waals surface area contributed by atoms with Gasteiger partial charge in [-0.15, -0.1) is 0 Å². The molecule has 0 aromatic rings. The summed E-state index contributed by atoms with van der Waals surface area (Å²) in [6.45, 7) is 5.92. The summed E-state index contributed by atoms with van der Waals surface area (Å²) in [5.41, 5.74) is 0. The number of carbonyl (C=O) groups excluding carboxylic acids is 1. The van der Waals surface area contributed by atoms with E-state index in [9.17, 15) is 4.79 Å². The Labute approximate surface area is 187 Å². The molecule has 0 spiro atoms. The highest BCUT2D eigenvalue weighted by molar-refractivity contribution is 5.69. The van der Waals surface area contributed by atoms with Crippen LogP contribution in [0.15, 0.2) is 0 Å². The van der Waals surface area contributed by atoms with Crippen molar-refractivity contribution < 1.29 is 23.5 Å². The van der Waals surface area contributed by atoms with E-state index in [-0.39, 0.29) is 5.97 Å². The lowest BCUT2D eigenvalue weighted by molar-refractivity contribution is -0.870. The van der Waals surface area contributed by atoms with Gasteiger partial charge in [-0.25, -0.2) is 0 Å². The maximum absolute atomic E-state index is 11.7. The molecule has 0 aliphatic rings. The first kappa shape index (κ1) is 29.4. The molecule has 0 saturated carbocycles. The lowest BCUT2D eigenvalue weighted by atomic mass is 10.0. The van der Waals surface area contributed by atoms with Crippen molar-refractivity contribution in [2.24, 2.45) is 0 Å². The number of rotatable bonds is 23. The van der Waals surface area contributed by atoms with E-state index in [2.05, 4.69) is 28.1 Å². The minimum Gasteiger partial charge on any atom is -0.463 e. The summed E-state index contributed by atoms with van der Waals surface area (Å²) in [4.78, 5) is 11.7. The second kappa shape index (κ2) is 21.6. The first-order chi connectivity index (χ1) is 14.5. The normalized spacial score (nSPS) is 11.7. The Morgan fingerprint density at radius 1 is 0.600 bits per heavy atom. The van der Waals surface area contributed by atoms with Crippen LogP contribution in [0.1, 0.15) is 96.8 Å². The molecule has 0 amide bonds. The highest BCUT2D eigenvalue weighted by Gasteiger charge is 2.05. The van der Waals surface area contributed by atoms with Gasteiger partial charge in [0, 0.05) is 6.42 Å². The zero-order chi connectivity index (χ0) is 22.3. The highest BCUT2D eigenvalue weighted by Crippen LogP contribution is 2.13. The van der Waals surface area contributed by atoms with Crippen molar-refractivity contribution >= 4 is 5.97 Å². The Kier molecular flexibility index (Phi) is 21.1. The third-order valence-corrected chi connectivity index (χ3v) is 5.25. The van der Waals surface area contributed by atoms with Crippen molar-refractivity contribution in [2.75, 3.05) is 60.7 Å². The molecule has 0 aliphatic carbocycles. The first-order valence-electron chi connectivity index (χ1n) is 12.6. The Morgan fingerprint density at radius 2 is 1.03 bits per heavy atom. The summed E-state index contributed by atoms with van der Waals surface area (Å²) in [6.07, 6.45) is 17.6. The van der Waals surface area contributed by atoms with Gasteiger partial charge in [0.15, 0.2) is 0 Å². The Bertz CT molecular complexity index is 369. The monoisotopic (exact) mass is 430 g/mol. The fourth-order valence-electron chi connectivity index (χ4n) is 3.23. The molecule has 0 bridgehead atoms. The molecule has 0 atom stereocenters. The predicted octanol–water partition coefficient (Wildman–Crippen LogP) is 5.75. The standard InChI is InChI=1S/C25H52NO4/c1-5-6-7-8-9-10-11-12-13-14-15-16-17-18-25(27)30-24-23-29-22-21-28-20-19-26(2,3)4/h5-24H2,1-4H3/q+1. The maximum atomic E-state index is 11.7. The van der Waals surface area contributed by atoms with Crippen molar-refractivity contribution in [1.82, 2.24) is 0 Å². The molecular weight excluding hydrogens is 378 g/mol. The van der Waals surface area contributed by atoms with Crippen LogP contribution in [0.5, 0.6) is 0 Å². The fraction of sp³-hybridized carbons (Fsp3) is 0.960. The Balaban J connectivity index is 3.19. The van der Waals surface area contributed by atoms with Gasteiger partial charge in [0.1, 0.15) is 13.2 Å². The minimum atomic E-state index is -0.0964. The molecule has 5 nitrogen and oxygen atoms in total. The smallest absolute Gasteiger partial charge is 0.305 e. The van der Waals surface area contributed by atoms with Crippen LogP contribution >= 0.6 is 0 Å². The van der Waals surface area contributed by atoms with Gasteiger partial charge in [-0.3, -0.25) is 4.79 Å². The van der Waals surface area contributed by atoms with Crippen LogP contribution in [0, 0.1) is 0 Å². The second-order valence-corrected chi connectivity index (χ2v) is 9.45. The number of ether oxygens (including phenoxy) is 3. The van der Waals surface area contributed by atoms with E-state index in [1.54, 1.807) is 0 Å². The summed E-state index contributed by atoms with van der Waals surface area (Å²) in [5.74, 6) is -0.0964. The van der Waals surface area contributed by atoms with E-state index < -0.39 is 0 Å². The van der Waals surface area contributed by atoms with E-state index in [0.717, 1.165) is 30.5 Å². The predicted molar refractivity (Wildman–Crippen MR) is 126 cm³/mol. The van der Waals surface area contributed by atoms with E-state index in [1.165, 1.54) is 70.6 Å². The molecule has 0 N–H and O–H groups in total. The summed E-state index contributed by atoms with van der Waals surface area (Å²) in [6, 6.07) is 0. The molecule has 0 radical (unpaired) electrons. The van der Waals surface area contributed by atoms with Crippen molar-refractivity contribution in [3.8, 4) is 0 Å². The largest absolute Gasteiger partial charge is 0.463 e. The lowest BCUT2D eigenvalue weighted by Gasteiger charge is -2.23. The molecule has 180 valence electrons. The number of esters is 1. The molecule has 0 rings (SSSR count). The van der Waals surface area contributed by atoms with Crippen LogP contribution in [-0.4, -0.2) is 71.2 Å². The summed E-state index contributed by atoms with van der Waals surface area (Å²) in [5, 5.41) is 0. The number of hydrogen-bond donors (Lipinski definition) is 0. The van der Waals surface area contributed by atoms with E-state index in [1.807, 2.05) is 0 Å². The van der Waals surface area contributed by atoms with Crippen LogP contribution in [0.25, 0.3) is 0 Å². The van der Waals surface area contributed by atoms with Crippen molar-refractivity contribution in [1.29, 1.82) is 0 Å². The topological polar surface area (TPSA) is 44.8 Å². The number of quaternary nitrogens is 1. The van der Waals surface area contributed by atoms with E-state index in [4.69, 9.17) is 14.2 Å². The molecule has 5 heteroatoms. The quantitative estimate of drug-likeness (QED) is 0.118. The van der Waals surface area contributed by atoms with Gasteiger partial charge < -0.3 is 18.7 Å². The first-order valence-corrected chi connectivity index (χ1v) is 12.6. The van der Waals surface area contributed by atoms with Crippen LogP contribution in [-0.2, 0) is 19.0 Å². The molecule has 0 aromatic heterocycles. The third-order valence-electron chi connectivity index (χ3n) is 5.25. The van der Waals surface area contributed by atoms with Gasteiger partial charge in [-0.1, -0.05) is 84.0 Å². The molecule has 0 unspecified atom stereocenters. The fourth-order valence-corrected chi connectivity index (χ4v) is 3.23. The average molecular weight is 431 g/mol. The van der Waals surface area contributed by atoms with Crippen LogP contribution in [0.2, 0.25) is 0 Å². The zero-order valence-electron chi connectivity index (χ0n) is 20.7. The van der Waals surface area contributed by atoms with Gasteiger partial charge in [0.05, 0.1) is 47.6 Å². The van der Waals surface area contributed by atoms with Crippen molar-refractivity contribution in [3.63, 3.8) is 0 Å². The van der Waals surface area contributed by atoms with Crippen LogP contribution in [0.3, 0.4) is 0 Å². The molecule has 0 fully saturated rings. The van der Waals surface area contributed by atoms with E-state index in [0.29, 0.717) is 32.8 Å². The van der Waals surface area contributed by atoms with Gasteiger partial charge in [0.25, 0.3) is 0 Å². The van der Waals surface area contributed by atoms with Gasteiger partial charge in [0.2, 0.25) is 0 Å². The molecule has 30 heavy (non-hydrogen) atoms. The maximum Gasteiger partial charge on any atom is 0.305 e. The summed E-state index contributed by atoms with van der Waals surface area (Å²) in [7, 11) is 6.44. The number of nitrogens with zero attached hydrogens (tertiary/aromatic N) is 1. The van der Waals surface area contributed by atoms with Gasteiger partial charge in [-0.05, 0) is 6.42 Å². The molecule has 0 aromatic carbocycles. The van der Waals surface area contributed by atoms with Crippen molar-refractivity contribution in [2.45, 2.75) is 96.8 Å². The van der Waals surface area contributed by atoms with Crippen LogP contribution in [0.4, 0.5) is 0 Å². The minimum absolute atomic E-state index is 0.0964. The number of likely N-dealkylation sites (N-methyl/N-ethyl adjacent to an activating group) is 1. The molecular formula is C25H52NO4+. The number of unbranched alkanes of at least 4 members (excludes halogenated alkanes) is 12. The summed E-state index contributed by atoms with van der Waals surface area (Å²) < 4.78 is 17.1. The summed E-state index contributed by atoms with van der Waals surface area (Å²) >= 11 is 0. The number of carbonyl (C=O) groups is 1. The number of hydrogen-bond acceptors (Lipinski definition) is 4. The Morgan fingerprint density at radius 3 is 1.53 bits per heavy atom. The molecule has 0 saturated heterocycles. The molecule has 0 heterocycles. The highest BCUT2D eigenvalue weighted by atomic mass is 16.6. The SMILES string of the molecule is CCCCCCCCCCCCCCCC(=O)OCCOCCOCC[N+](C)(C)C. The van der Waals surface area contributed by atoms with Crippen molar-refractivity contribution in [3.05, 3.63) is 0 Å². The Hall–Kier alpha value is -0.650.